The summed E-state index contributed by atoms with van der Waals surface area (Å²) < 4.78 is 0. The van der Waals surface area contributed by atoms with Crippen LogP contribution in [0, 0.1) is 17.4 Å². The fourth-order valence-corrected chi connectivity index (χ4v) is 1.72. The largest absolute Gasteiger partial charge is 0.0911 e. The summed E-state index contributed by atoms with van der Waals surface area (Å²) in [5.41, 5.74) is 1.25. The van der Waals surface area contributed by atoms with Crippen LogP contribution in [0.3, 0.4) is 0 Å². The molecule has 0 heteroatoms. The lowest BCUT2D eigenvalue weighted by molar-refractivity contribution is 1.36. The summed E-state index contributed by atoms with van der Waals surface area (Å²) in [6, 6.07) is 14.4. The molecule has 0 unspecified atom stereocenters. The van der Waals surface area contributed by atoms with Gasteiger partial charge in [-0.15, -0.1) is 0 Å². The van der Waals surface area contributed by atoms with Crippen molar-refractivity contribution in [2.75, 3.05) is 0 Å². The summed E-state index contributed by atoms with van der Waals surface area (Å²) in [6.45, 7) is 10.2. The molecule has 0 aliphatic heterocycles. The van der Waals surface area contributed by atoms with Crippen LogP contribution in [-0.4, -0.2) is 0 Å². The smallest absolute Gasteiger partial charge is 0.0109 e. The van der Waals surface area contributed by atoms with Crippen LogP contribution in [0.25, 0.3) is 13.2 Å². The van der Waals surface area contributed by atoms with Crippen molar-refractivity contribution in [1.82, 2.24) is 0 Å². The number of hydrogen-bond donors (Lipinski definition) is 0. The van der Waals surface area contributed by atoms with E-state index in [2.05, 4.69) is 44.3 Å². The van der Waals surface area contributed by atoms with Crippen LogP contribution < -0.4 is 10.4 Å². The molecule has 0 heterocycles. The highest BCUT2D eigenvalue weighted by Gasteiger charge is 1.88. The summed E-state index contributed by atoms with van der Waals surface area (Å²) in [4.78, 5) is 0. The maximum atomic E-state index is 4.05. The highest BCUT2D eigenvalue weighted by Crippen LogP contribution is 1.94. The lowest BCUT2D eigenvalue weighted by Gasteiger charge is -1.94. The van der Waals surface area contributed by atoms with Crippen LogP contribution in [0.2, 0.25) is 0 Å². The summed E-state index contributed by atoms with van der Waals surface area (Å²) in [7, 11) is 0. The molecule has 74 valence electrons. The van der Waals surface area contributed by atoms with Crippen LogP contribution in [-0.2, 0) is 0 Å². The summed E-state index contributed by atoms with van der Waals surface area (Å²) >= 11 is 0. The van der Waals surface area contributed by atoms with Crippen molar-refractivity contribution in [3.8, 4) is 0 Å². The van der Waals surface area contributed by atoms with Crippen molar-refractivity contribution in [1.29, 1.82) is 0 Å². The van der Waals surface area contributed by atoms with E-state index in [4.69, 9.17) is 0 Å². The van der Waals surface area contributed by atoms with Gasteiger partial charge in [-0.1, -0.05) is 61.2 Å². The minimum atomic E-state index is 1.05. The lowest BCUT2D eigenvalue weighted by Crippen LogP contribution is -2.06. The molecule has 2 aromatic rings. The third kappa shape index (κ3) is 1.84. The van der Waals surface area contributed by atoms with Gasteiger partial charge in [-0.2, -0.15) is 0 Å². The molecule has 0 radical (unpaired) electrons. The minimum absolute atomic E-state index is 1.05. The fourth-order valence-electron chi connectivity index (χ4n) is 1.72. The Labute approximate surface area is 89.5 Å². The molecule has 0 saturated carbocycles. The quantitative estimate of drug-likeness (QED) is 0.602. The van der Waals surface area contributed by atoms with Crippen LogP contribution >= 0.6 is 0 Å². The van der Waals surface area contributed by atoms with Gasteiger partial charge in [0.05, 0.1) is 0 Å². The summed E-state index contributed by atoms with van der Waals surface area (Å²) in [5, 5.41) is 4.46. The Kier molecular flexibility index (Phi) is 2.42. The second kappa shape index (κ2) is 3.74. The third-order valence-corrected chi connectivity index (χ3v) is 2.57. The zero-order chi connectivity index (χ0) is 10.8. The monoisotopic (exact) mass is 194 g/mol. The van der Waals surface area contributed by atoms with Crippen LogP contribution in [0.4, 0.5) is 0 Å². The normalized spacial score (nSPS) is 12.6. The van der Waals surface area contributed by atoms with E-state index in [-0.39, 0.29) is 0 Å². The van der Waals surface area contributed by atoms with E-state index < -0.39 is 0 Å². The van der Waals surface area contributed by atoms with Gasteiger partial charge in [0, 0.05) is 0 Å². The van der Waals surface area contributed by atoms with Crippen molar-refractivity contribution in [2.45, 2.75) is 6.92 Å². The Morgan fingerprint density at radius 3 is 2.20 bits per heavy atom. The predicted octanol–water partition coefficient (Wildman–Crippen LogP) is 2.10. The van der Waals surface area contributed by atoms with Gasteiger partial charge in [0.2, 0.25) is 0 Å². The van der Waals surface area contributed by atoms with E-state index in [0.29, 0.717) is 0 Å². The van der Waals surface area contributed by atoms with Crippen molar-refractivity contribution >= 4 is 13.2 Å². The molecule has 2 aromatic carbocycles. The third-order valence-electron chi connectivity index (χ3n) is 2.57. The van der Waals surface area contributed by atoms with Gasteiger partial charge >= 0.3 is 0 Å². The van der Waals surface area contributed by atoms with Crippen molar-refractivity contribution in [2.24, 2.45) is 0 Å². The van der Waals surface area contributed by atoms with Crippen LogP contribution in [0.5, 0.6) is 0 Å². The Bertz CT molecular complexity index is 666. The summed E-state index contributed by atoms with van der Waals surface area (Å²) in [6.07, 6.45) is 0. The van der Waals surface area contributed by atoms with E-state index >= 15 is 0 Å². The number of aryl methyl sites for hydroxylation is 1. The molecule has 0 fully saturated rings. The van der Waals surface area contributed by atoms with E-state index in [1.54, 1.807) is 0 Å². The standard InChI is InChI=1S/C15H14/c1-11-8-9-13(3)15(10-11)14-7-5-4-6-12(14)2/h4-10H,2-3H2,1H3/b15-14-. The van der Waals surface area contributed by atoms with Gasteiger partial charge in [-0.05, 0) is 27.8 Å². The lowest BCUT2D eigenvalue weighted by atomic mass is 10.1. The molecule has 0 N–H and O–H groups in total. The molecule has 0 saturated heterocycles. The fraction of sp³-hybridized carbons (Fsp3) is 0.0667. The van der Waals surface area contributed by atoms with Gasteiger partial charge in [0.1, 0.15) is 0 Å². The zero-order valence-electron chi connectivity index (χ0n) is 8.96. The first-order chi connectivity index (χ1) is 7.18. The zero-order valence-corrected chi connectivity index (χ0v) is 8.96. The first-order valence-electron chi connectivity index (χ1n) is 5.02. The molecule has 0 atom stereocenters. The van der Waals surface area contributed by atoms with E-state index in [9.17, 15) is 0 Å². The highest BCUT2D eigenvalue weighted by atomic mass is 13.9. The molecular weight excluding hydrogens is 180 g/mol. The van der Waals surface area contributed by atoms with E-state index in [1.807, 2.05) is 18.2 Å². The van der Waals surface area contributed by atoms with E-state index in [1.165, 1.54) is 16.0 Å². The molecule has 0 spiro atoms. The number of benzene rings is 2. The average molecular weight is 194 g/mol. The Hall–Kier alpha value is -1.82. The molecule has 0 bridgehead atoms. The molecule has 0 aliphatic carbocycles. The maximum absolute atomic E-state index is 4.05. The van der Waals surface area contributed by atoms with Crippen molar-refractivity contribution < 1.29 is 0 Å². The van der Waals surface area contributed by atoms with Crippen molar-refractivity contribution in [3.63, 3.8) is 0 Å². The van der Waals surface area contributed by atoms with Crippen molar-refractivity contribution in [3.05, 3.63) is 68.9 Å². The van der Waals surface area contributed by atoms with Gasteiger partial charge in [-0.25, -0.2) is 0 Å². The predicted molar refractivity (Wildman–Crippen MR) is 65.6 cm³/mol. The molecule has 0 nitrogen and oxygen atoms in total. The first kappa shape index (κ1) is 9.72. The Morgan fingerprint density at radius 2 is 1.47 bits per heavy atom. The Morgan fingerprint density at radius 1 is 0.800 bits per heavy atom. The van der Waals surface area contributed by atoms with E-state index in [0.717, 1.165) is 10.4 Å². The first-order valence-corrected chi connectivity index (χ1v) is 5.02. The van der Waals surface area contributed by atoms with Crippen LogP contribution in [0.1, 0.15) is 5.56 Å². The molecule has 0 aromatic heterocycles. The second-order valence-electron chi connectivity index (χ2n) is 3.82. The van der Waals surface area contributed by atoms with Gasteiger partial charge < -0.3 is 0 Å². The molecular formula is C15H14. The molecule has 2 rings (SSSR count). The minimum Gasteiger partial charge on any atom is -0.0911 e. The van der Waals surface area contributed by atoms with Gasteiger partial charge in [-0.3, -0.25) is 0 Å². The average Bonchev–Trinajstić information content (AvgIpc) is 2.23. The maximum Gasteiger partial charge on any atom is -0.0109 e. The topological polar surface area (TPSA) is 0 Å². The highest BCUT2D eigenvalue weighted by molar-refractivity contribution is 5.25. The number of rotatable bonds is 0. The molecule has 0 aliphatic rings. The number of hydrogen-bond acceptors (Lipinski definition) is 0. The molecule has 0 amide bonds. The van der Waals surface area contributed by atoms with Gasteiger partial charge in [0.15, 0.2) is 0 Å². The summed E-state index contributed by atoms with van der Waals surface area (Å²) in [5.74, 6) is 0. The van der Waals surface area contributed by atoms with Crippen LogP contribution in [0.15, 0.2) is 42.5 Å². The van der Waals surface area contributed by atoms with Gasteiger partial charge in [0.25, 0.3) is 0 Å². The molecule has 15 heavy (non-hydrogen) atoms. The SMILES string of the molecule is C=c1cccc/c1=c1\cc(C)ccc1=C. The Balaban J connectivity index is 3.14. The second-order valence-corrected chi connectivity index (χ2v) is 3.82.